The maximum Gasteiger partial charge on any atom is 0.243 e. The van der Waals surface area contributed by atoms with Crippen LogP contribution in [0.2, 0.25) is 0 Å². The van der Waals surface area contributed by atoms with Crippen molar-refractivity contribution in [1.82, 2.24) is 16.0 Å². The highest BCUT2D eigenvalue weighted by Gasteiger charge is 2.25. The van der Waals surface area contributed by atoms with E-state index < -0.39 is 18.0 Å². The minimum Gasteiger partial charge on any atom is -0.378 e. The van der Waals surface area contributed by atoms with E-state index in [0.717, 1.165) is 21.9 Å². The second kappa shape index (κ2) is 16.2. The van der Waals surface area contributed by atoms with E-state index in [1.54, 1.807) is 6.92 Å². The van der Waals surface area contributed by atoms with Gasteiger partial charge in [-0.1, -0.05) is 72.8 Å². The van der Waals surface area contributed by atoms with Gasteiger partial charge in [-0.05, 0) is 28.8 Å². The van der Waals surface area contributed by atoms with Crippen molar-refractivity contribution in [2.45, 2.75) is 31.8 Å². The van der Waals surface area contributed by atoms with Gasteiger partial charge in [0.05, 0.1) is 32.8 Å². The topological polar surface area (TPSA) is 132 Å². The molecule has 208 valence electrons. The molecular weight excluding hydrogens is 496 g/mol. The molecule has 0 saturated carbocycles. The second-order valence-corrected chi connectivity index (χ2v) is 9.16. The van der Waals surface area contributed by atoms with Crippen LogP contribution in [-0.4, -0.2) is 69.3 Å². The summed E-state index contributed by atoms with van der Waals surface area (Å²) in [5, 5.41) is 10.4. The Morgan fingerprint density at radius 2 is 1.49 bits per heavy atom. The fourth-order valence-corrected chi connectivity index (χ4v) is 4.11. The van der Waals surface area contributed by atoms with Gasteiger partial charge < -0.3 is 31.2 Å². The van der Waals surface area contributed by atoms with Crippen molar-refractivity contribution >= 4 is 28.5 Å². The summed E-state index contributed by atoms with van der Waals surface area (Å²) in [6.07, 6.45) is 0.426. The molecule has 3 aromatic carbocycles. The molecule has 2 atom stereocenters. The van der Waals surface area contributed by atoms with Gasteiger partial charge in [0.15, 0.2) is 0 Å². The highest BCUT2D eigenvalue weighted by atomic mass is 16.5. The van der Waals surface area contributed by atoms with Crippen LogP contribution in [0.25, 0.3) is 10.8 Å². The third kappa shape index (κ3) is 10.1. The summed E-state index contributed by atoms with van der Waals surface area (Å²) < 4.78 is 10.6. The largest absolute Gasteiger partial charge is 0.378 e. The van der Waals surface area contributed by atoms with Crippen LogP contribution in [0.15, 0.2) is 72.8 Å². The molecule has 0 heterocycles. The first-order valence-electron chi connectivity index (χ1n) is 13.2. The number of carbonyl (C=O) groups excluding carboxylic acids is 3. The monoisotopic (exact) mass is 534 g/mol. The lowest BCUT2D eigenvalue weighted by Gasteiger charge is -2.21. The van der Waals surface area contributed by atoms with Crippen LogP contribution in [0.1, 0.15) is 18.1 Å². The van der Waals surface area contributed by atoms with Crippen molar-refractivity contribution in [3.05, 3.63) is 83.9 Å². The minimum absolute atomic E-state index is 0.132. The van der Waals surface area contributed by atoms with Crippen molar-refractivity contribution in [2.75, 3.05) is 39.5 Å². The average Bonchev–Trinajstić information content (AvgIpc) is 2.94. The van der Waals surface area contributed by atoms with Crippen LogP contribution in [0.5, 0.6) is 0 Å². The van der Waals surface area contributed by atoms with Crippen molar-refractivity contribution in [3.8, 4) is 0 Å². The molecule has 3 amide bonds. The lowest BCUT2D eigenvalue weighted by molar-refractivity contribution is -0.131. The Bertz CT molecular complexity index is 1200. The number of carbonyl (C=O) groups is 3. The summed E-state index contributed by atoms with van der Waals surface area (Å²) in [6, 6.07) is 21.5. The van der Waals surface area contributed by atoms with Crippen molar-refractivity contribution in [1.29, 1.82) is 0 Å². The number of nitrogens with two attached hydrogens (primary N) is 1. The fourth-order valence-electron chi connectivity index (χ4n) is 4.11. The molecule has 0 aromatic heterocycles. The zero-order valence-electron chi connectivity index (χ0n) is 22.4. The predicted octanol–water partition coefficient (Wildman–Crippen LogP) is 1.72. The number of benzene rings is 3. The first-order chi connectivity index (χ1) is 19.0. The Balaban J connectivity index is 1.55. The molecule has 39 heavy (non-hydrogen) atoms. The number of ether oxygens (including phenoxy) is 2. The average molecular weight is 535 g/mol. The molecular formula is C30H38N4O5. The Morgan fingerprint density at radius 3 is 2.26 bits per heavy atom. The van der Waals surface area contributed by atoms with E-state index in [1.165, 1.54) is 0 Å². The van der Waals surface area contributed by atoms with Crippen LogP contribution >= 0.6 is 0 Å². The minimum atomic E-state index is -0.845. The van der Waals surface area contributed by atoms with Crippen molar-refractivity contribution in [3.63, 3.8) is 0 Å². The van der Waals surface area contributed by atoms with Gasteiger partial charge in [-0.2, -0.15) is 0 Å². The molecule has 9 nitrogen and oxygen atoms in total. The molecule has 0 bridgehead atoms. The first kappa shape index (κ1) is 29.8. The quantitative estimate of drug-likeness (QED) is 0.207. The SMILES string of the molecule is CC(NC(=O)C(Cc1ccccc1)NC(=O)Cc1cccc2ccccc12)C(=O)NCCOCCOCCN. The van der Waals surface area contributed by atoms with Gasteiger partial charge in [0.1, 0.15) is 12.1 Å². The van der Waals surface area contributed by atoms with Gasteiger partial charge in [-0.25, -0.2) is 0 Å². The van der Waals surface area contributed by atoms with Gasteiger partial charge in [0.25, 0.3) is 0 Å². The smallest absolute Gasteiger partial charge is 0.243 e. The lowest BCUT2D eigenvalue weighted by Crippen LogP contribution is -2.53. The van der Waals surface area contributed by atoms with Gasteiger partial charge >= 0.3 is 0 Å². The summed E-state index contributed by atoms with van der Waals surface area (Å²) in [6.45, 7) is 4.00. The zero-order valence-corrected chi connectivity index (χ0v) is 22.4. The standard InChI is InChI=1S/C30H38N4O5/c1-22(29(36)32-15-17-39-19-18-38-16-14-31)33-30(37)27(20-23-8-3-2-4-9-23)34-28(35)21-25-12-7-11-24-10-5-6-13-26(24)25/h2-13,22,27H,14-21,31H2,1H3,(H,32,36)(H,33,37)(H,34,35). The summed E-state index contributed by atoms with van der Waals surface area (Å²) in [5.41, 5.74) is 7.13. The summed E-state index contributed by atoms with van der Waals surface area (Å²) in [4.78, 5) is 38.8. The van der Waals surface area contributed by atoms with E-state index in [1.807, 2.05) is 72.8 Å². The predicted molar refractivity (Wildman–Crippen MR) is 151 cm³/mol. The Morgan fingerprint density at radius 1 is 0.795 bits per heavy atom. The molecule has 9 heteroatoms. The van der Waals surface area contributed by atoms with E-state index in [-0.39, 0.29) is 18.2 Å². The Hall–Kier alpha value is -3.79. The summed E-state index contributed by atoms with van der Waals surface area (Å²) in [5.74, 6) is -1.04. The normalized spacial score (nSPS) is 12.5. The van der Waals surface area contributed by atoms with Crippen LogP contribution in [0, 0.1) is 0 Å². The number of hydrogen-bond acceptors (Lipinski definition) is 6. The van der Waals surface area contributed by atoms with E-state index in [4.69, 9.17) is 15.2 Å². The molecule has 0 radical (unpaired) electrons. The highest BCUT2D eigenvalue weighted by molar-refractivity contribution is 5.94. The van der Waals surface area contributed by atoms with Crippen LogP contribution in [-0.2, 0) is 36.7 Å². The zero-order chi connectivity index (χ0) is 27.9. The van der Waals surface area contributed by atoms with Crippen molar-refractivity contribution < 1.29 is 23.9 Å². The number of nitrogens with one attached hydrogen (secondary N) is 3. The molecule has 3 rings (SSSR count). The van der Waals surface area contributed by atoms with Crippen molar-refractivity contribution in [2.24, 2.45) is 5.73 Å². The fraction of sp³-hybridized carbons (Fsp3) is 0.367. The first-order valence-corrected chi connectivity index (χ1v) is 13.2. The third-order valence-electron chi connectivity index (χ3n) is 6.10. The molecule has 0 aliphatic heterocycles. The molecule has 0 saturated heterocycles. The van der Waals surface area contributed by atoms with E-state index in [9.17, 15) is 14.4 Å². The Labute approximate surface area is 229 Å². The number of hydrogen-bond donors (Lipinski definition) is 4. The summed E-state index contributed by atoms with van der Waals surface area (Å²) >= 11 is 0. The lowest BCUT2D eigenvalue weighted by atomic mass is 10.0. The number of fused-ring (bicyclic) bond motifs is 1. The van der Waals surface area contributed by atoms with E-state index >= 15 is 0 Å². The number of amides is 3. The number of rotatable bonds is 16. The molecule has 0 aliphatic carbocycles. The molecule has 0 spiro atoms. The summed E-state index contributed by atoms with van der Waals surface area (Å²) in [7, 11) is 0. The molecule has 5 N–H and O–H groups in total. The molecule has 2 unspecified atom stereocenters. The maximum absolute atomic E-state index is 13.2. The van der Waals surface area contributed by atoms with Crippen LogP contribution < -0.4 is 21.7 Å². The Kier molecular flexibility index (Phi) is 12.4. The third-order valence-corrected chi connectivity index (χ3v) is 6.10. The molecule has 3 aromatic rings. The molecule has 0 fully saturated rings. The van der Waals surface area contributed by atoms with E-state index in [0.29, 0.717) is 45.9 Å². The van der Waals surface area contributed by atoms with Crippen LogP contribution in [0.4, 0.5) is 0 Å². The van der Waals surface area contributed by atoms with Gasteiger partial charge in [0.2, 0.25) is 17.7 Å². The van der Waals surface area contributed by atoms with E-state index in [2.05, 4.69) is 16.0 Å². The maximum atomic E-state index is 13.2. The highest BCUT2D eigenvalue weighted by Crippen LogP contribution is 2.19. The van der Waals surface area contributed by atoms with Crippen LogP contribution in [0.3, 0.4) is 0 Å². The van der Waals surface area contributed by atoms with Gasteiger partial charge in [0, 0.05) is 19.5 Å². The van der Waals surface area contributed by atoms with Gasteiger partial charge in [-0.15, -0.1) is 0 Å². The second-order valence-electron chi connectivity index (χ2n) is 9.16. The van der Waals surface area contributed by atoms with Gasteiger partial charge in [-0.3, -0.25) is 14.4 Å². The molecule has 0 aliphatic rings.